The molecular weight excluding hydrogens is 188 g/mol. The molecule has 1 aliphatic carbocycles. The molecule has 0 unspecified atom stereocenters. The highest BCUT2D eigenvalue weighted by Gasteiger charge is 2.37. The smallest absolute Gasteiger partial charge is 0.404 e. The average Bonchev–Trinajstić information content (AvgIpc) is 2.07. The number of carboxylic acid groups (broad SMARTS) is 1. The number of hydrogen-bond acceptors (Lipinski definition) is 3. The Bertz CT molecular complexity index is 237. The van der Waals surface area contributed by atoms with E-state index < -0.39 is 6.09 Å². The van der Waals surface area contributed by atoms with E-state index in [4.69, 9.17) is 9.94 Å². The standard InChI is InChI=1S/C8H14N2O4/c1-10(14-2)7(11)5-3-6(4-5)9-8(12)13/h5-6,9H,3-4H2,1-2H3,(H,12,13)/t5-,6-. The van der Waals surface area contributed by atoms with Gasteiger partial charge in [-0.25, -0.2) is 9.86 Å². The summed E-state index contributed by atoms with van der Waals surface area (Å²) in [7, 11) is 2.96. The monoisotopic (exact) mass is 202 g/mol. The van der Waals surface area contributed by atoms with Crippen LogP contribution in [0.2, 0.25) is 0 Å². The van der Waals surface area contributed by atoms with Crippen molar-refractivity contribution in [2.45, 2.75) is 18.9 Å². The van der Waals surface area contributed by atoms with Crippen LogP contribution < -0.4 is 5.32 Å². The molecule has 0 aliphatic heterocycles. The van der Waals surface area contributed by atoms with Gasteiger partial charge in [-0.3, -0.25) is 9.63 Å². The van der Waals surface area contributed by atoms with Crippen molar-refractivity contribution >= 4 is 12.0 Å². The second-order valence-corrected chi connectivity index (χ2v) is 3.33. The minimum absolute atomic E-state index is 0.0910. The van der Waals surface area contributed by atoms with Crippen LogP contribution >= 0.6 is 0 Å². The summed E-state index contributed by atoms with van der Waals surface area (Å²) < 4.78 is 0. The predicted molar refractivity (Wildman–Crippen MR) is 47.5 cm³/mol. The third-order valence-electron chi connectivity index (χ3n) is 2.40. The number of nitrogens with one attached hydrogen (secondary N) is 1. The molecule has 1 aliphatic rings. The number of carbonyl (C=O) groups is 2. The molecule has 2 N–H and O–H groups in total. The fourth-order valence-electron chi connectivity index (χ4n) is 1.46. The van der Waals surface area contributed by atoms with E-state index in [2.05, 4.69) is 5.32 Å². The first-order valence-corrected chi connectivity index (χ1v) is 4.35. The van der Waals surface area contributed by atoms with Gasteiger partial charge in [-0.15, -0.1) is 0 Å². The fourth-order valence-corrected chi connectivity index (χ4v) is 1.46. The number of hydroxylamine groups is 2. The van der Waals surface area contributed by atoms with Gasteiger partial charge < -0.3 is 10.4 Å². The van der Waals surface area contributed by atoms with E-state index in [0.29, 0.717) is 12.8 Å². The van der Waals surface area contributed by atoms with Crippen molar-refractivity contribution in [1.29, 1.82) is 0 Å². The highest BCUT2D eigenvalue weighted by Crippen LogP contribution is 2.28. The van der Waals surface area contributed by atoms with Crippen LogP contribution in [0.25, 0.3) is 0 Å². The molecule has 2 amide bonds. The van der Waals surface area contributed by atoms with Gasteiger partial charge in [0.15, 0.2) is 0 Å². The van der Waals surface area contributed by atoms with Gasteiger partial charge in [0.05, 0.1) is 7.11 Å². The van der Waals surface area contributed by atoms with Gasteiger partial charge in [-0.1, -0.05) is 0 Å². The Morgan fingerprint density at radius 3 is 2.50 bits per heavy atom. The molecule has 0 atom stereocenters. The van der Waals surface area contributed by atoms with Crippen LogP contribution in [0.5, 0.6) is 0 Å². The Balaban J connectivity index is 2.27. The normalized spacial score (nSPS) is 25.0. The third-order valence-corrected chi connectivity index (χ3v) is 2.40. The van der Waals surface area contributed by atoms with Crippen molar-refractivity contribution < 1.29 is 19.5 Å². The van der Waals surface area contributed by atoms with E-state index in [0.717, 1.165) is 0 Å². The van der Waals surface area contributed by atoms with E-state index in [1.54, 1.807) is 7.05 Å². The first-order valence-electron chi connectivity index (χ1n) is 4.35. The molecule has 6 nitrogen and oxygen atoms in total. The molecule has 14 heavy (non-hydrogen) atoms. The highest BCUT2D eigenvalue weighted by atomic mass is 16.7. The molecule has 80 valence electrons. The van der Waals surface area contributed by atoms with E-state index in [1.807, 2.05) is 0 Å². The quantitative estimate of drug-likeness (QED) is 0.634. The molecule has 0 spiro atoms. The maximum Gasteiger partial charge on any atom is 0.404 e. The zero-order valence-corrected chi connectivity index (χ0v) is 8.19. The molecule has 0 saturated heterocycles. The lowest BCUT2D eigenvalue weighted by atomic mass is 9.79. The predicted octanol–water partition coefficient (Wildman–Crippen LogP) is 0.0524. The van der Waals surface area contributed by atoms with Crippen molar-refractivity contribution in [3.05, 3.63) is 0 Å². The summed E-state index contributed by atoms with van der Waals surface area (Å²) in [6, 6.07) is -0.0910. The molecule has 0 aromatic rings. The molecule has 0 aromatic carbocycles. The molecule has 0 radical (unpaired) electrons. The summed E-state index contributed by atoms with van der Waals surface area (Å²) in [6.07, 6.45) is 0.0681. The van der Waals surface area contributed by atoms with E-state index in [-0.39, 0.29) is 17.9 Å². The lowest BCUT2D eigenvalue weighted by Gasteiger charge is -2.35. The SMILES string of the molecule is CON(C)C(=O)[C@H]1C[C@H](NC(=O)O)C1. The van der Waals surface area contributed by atoms with Crippen LogP contribution in [0.4, 0.5) is 4.79 Å². The van der Waals surface area contributed by atoms with Gasteiger partial charge in [0.25, 0.3) is 0 Å². The summed E-state index contributed by atoms with van der Waals surface area (Å²) in [6.45, 7) is 0. The Morgan fingerprint density at radius 2 is 2.07 bits per heavy atom. The van der Waals surface area contributed by atoms with Crippen molar-refractivity contribution in [2.75, 3.05) is 14.2 Å². The number of rotatable bonds is 3. The van der Waals surface area contributed by atoms with E-state index in [9.17, 15) is 9.59 Å². The topological polar surface area (TPSA) is 78.9 Å². The van der Waals surface area contributed by atoms with Gasteiger partial charge in [-0.05, 0) is 12.8 Å². The van der Waals surface area contributed by atoms with Crippen molar-refractivity contribution in [2.24, 2.45) is 5.92 Å². The second-order valence-electron chi connectivity index (χ2n) is 3.33. The molecule has 6 heteroatoms. The van der Waals surface area contributed by atoms with Gasteiger partial charge in [0.2, 0.25) is 5.91 Å². The third kappa shape index (κ3) is 2.35. The maximum absolute atomic E-state index is 11.4. The Kier molecular flexibility index (Phi) is 3.29. The highest BCUT2D eigenvalue weighted by molar-refractivity contribution is 5.79. The summed E-state index contributed by atoms with van der Waals surface area (Å²) in [4.78, 5) is 26.4. The van der Waals surface area contributed by atoms with Crippen LogP contribution in [0.15, 0.2) is 0 Å². The number of amides is 2. The van der Waals surface area contributed by atoms with Crippen molar-refractivity contribution in [3.8, 4) is 0 Å². The van der Waals surface area contributed by atoms with Crippen LogP contribution in [0.3, 0.4) is 0 Å². The summed E-state index contributed by atoms with van der Waals surface area (Å²) in [5.74, 6) is -0.215. The Labute approximate surface area is 81.8 Å². The number of hydrogen-bond donors (Lipinski definition) is 2. The molecule has 1 rings (SSSR count). The Hall–Kier alpha value is -1.30. The lowest BCUT2D eigenvalue weighted by molar-refractivity contribution is -0.176. The van der Waals surface area contributed by atoms with Gasteiger partial charge in [0.1, 0.15) is 0 Å². The molecule has 1 saturated carbocycles. The minimum atomic E-state index is -1.04. The molecule has 1 fully saturated rings. The maximum atomic E-state index is 11.4. The number of nitrogens with zero attached hydrogens (tertiary/aromatic N) is 1. The van der Waals surface area contributed by atoms with Crippen molar-refractivity contribution in [3.63, 3.8) is 0 Å². The fraction of sp³-hybridized carbons (Fsp3) is 0.750. The van der Waals surface area contributed by atoms with Gasteiger partial charge in [0, 0.05) is 19.0 Å². The molecule has 0 heterocycles. The lowest BCUT2D eigenvalue weighted by Crippen LogP contribution is -2.49. The van der Waals surface area contributed by atoms with E-state index >= 15 is 0 Å². The Morgan fingerprint density at radius 1 is 1.50 bits per heavy atom. The van der Waals surface area contributed by atoms with Crippen LogP contribution in [0, 0.1) is 5.92 Å². The van der Waals surface area contributed by atoms with E-state index in [1.165, 1.54) is 12.2 Å². The van der Waals surface area contributed by atoms with Gasteiger partial charge in [-0.2, -0.15) is 0 Å². The molecular formula is C8H14N2O4. The first-order chi connectivity index (χ1) is 6.54. The zero-order chi connectivity index (χ0) is 10.7. The number of carbonyl (C=O) groups excluding carboxylic acids is 1. The average molecular weight is 202 g/mol. The summed E-state index contributed by atoms with van der Waals surface area (Å²) in [5.41, 5.74) is 0. The molecule has 0 aromatic heterocycles. The largest absolute Gasteiger partial charge is 0.465 e. The summed E-state index contributed by atoms with van der Waals surface area (Å²) >= 11 is 0. The minimum Gasteiger partial charge on any atom is -0.465 e. The molecule has 0 bridgehead atoms. The van der Waals surface area contributed by atoms with Crippen LogP contribution in [-0.2, 0) is 9.63 Å². The van der Waals surface area contributed by atoms with Crippen molar-refractivity contribution in [1.82, 2.24) is 10.4 Å². The first kappa shape index (κ1) is 10.8. The zero-order valence-electron chi connectivity index (χ0n) is 8.19. The second kappa shape index (κ2) is 4.28. The van der Waals surface area contributed by atoms with Crippen LogP contribution in [-0.4, -0.2) is 42.4 Å². The van der Waals surface area contributed by atoms with Gasteiger partial charge >= 0.3 is 6.09 Å². The summed E-state index contributed by atoms with van der Waals surface area (Å²) in [5, 5.41) is 11.9. The van der Waals surface area contributed by atoms with Crippen LogP contribution in [0.1, 0.15) is 12.8 Å².